The molecule has 108 valence electrons. The van der Waals surface area contributed by atoms with Gasteiger partial charge >= 0.3 is 0 Å². The van der Waals surface area contributed by atoms with E-state index in [9.17, 15) is 0 Å². The first-order valence-electron chi connectivity index (χ1n) is 6.23. The summed E-state index contributed by atoms with van der Waals surface area (Å²) in [4.78, 5) is 8.70. The van der Waals surface area contributed by atoms with Crippen LogP contribution in [0.25, 0.3) is 10.2 Å². The number of nitrogens with two attached hydrogens (primary N) is 2. The van der Waals surface area contributed by atoms with Crippen molar-refractivity contribution in [2.24, 2.45) is 16.5 Å². The van der Waals surface area contributed by atoms with Gasteiger partial charge in [-0.05, 0) is 34.4 Å². The highest BCUT2D eigenvalue weighted by Crippen LogP contribution is 2.31. The molecule has 0 amide bonds. The van der Waals surface area contributed by atoms with Gasteiger partial charge in [0.05, 0.1) is 15.6 Å². The number of nitrogens with one attached hydrogen (secondary N) is 1. The lowest BCUT2D eigenvalue weighted by Gasteiger charge is -2.07. The standard InChI is InChI=1S/C12H18N5PS2/c13-10(6-3-7-15-11(14)17-18)20-12-16-8-4-1-2-5-9(8)19-12/h1-2,4-5,10H,3,6-7,13,18H2,(H3,14,15,17)/t10-/m1/s1. The Morgan fingerprint density at radius 1 is 1.50 bits per heavy atom. The summed E-state index contributed by atoms with van der Waals surface area (Å²) < 4.78 is 2.22. The number of aromatic nitrogens is 1. The lowest BCUT2D eigenvalue weighted by Crippen LogP contribution is -2.23. The lowest BCUT2D eigenvalue weighted by molar-refractivity contribution is 0.722. The van der Waals surface area contributed by atoms with E-state index >= 15 is 0 Å². The van der Waals surface area contributed by atoms with Crippen molar-refractivity contribution in [1.82, 2.24) is 10.1 Å². The monoisotopic (exact) mass is 327 g/mol. The van der Waals surface area contributed by atoms with E-state index in [1.165, 1.54) is 4.70 Å². The summed E-state index contributed by atoms with van der Waals surface area (Å²) in [5.41, 5.74) is 12.7. The van der Waals surface area contributed by atoms with Gasteiger partial charge in [-0.3, -0.25) is 4.99 Å². The number of rotatable bonds is 6. The summed E-state index contributed by atoms with van der Waals surface area (Å²) >= 11 is 3.30. The van der Waals surface area contributed by atoms with Gasteiger partial charge in [0.1, 0.15) is 0 Å². The largest absolute Gasteiger partial charge is 0.370 e. The minimum absolute atomic E-state index is 0.0379. The highest BCUT2D eigenvalue weighted by atomic mass is 32.2. The predicted octanol–water partition coefficient (Wildman–Crippen LogP) is 2.15. The van der Waals surface area contributed by atoms with Gasteiger partial charge in [-0.1, -0.05) is 23.9 Å². The van der Waals surface area contributed by atoms with Crippen molar-refractivity contribution in [3.8, 4) is 0 Å². The van der Waals surface area contributed by atoms with Crippen molar-refractivity contribution in [1.29, 1.82) is 0 Å². The van der Waals surface area contributed by atoms with Crippen LogP contribution in [0.2, 0.25) is 0 Å². The number of guanidine groups is 1. The Hall–Kier alpha value is -0.880. The van der Waals surface area contributed by atoms with Crippen LogP contribution in [0.4, 0.5) is 0 Å². The number of fused-ring (bicyclic) bond motifs is 1. The minimum atomic E-state index is 0.0379. The maximum Gasteiger partial charge on any atom is 0.191 e. The van der Waals surface area contributed by atoms with Crippen LogP contribution in [0, 0.1) is 0 Å². The fraction of sp³-hybridized carbons (Fsp3) is 0.333. The number of nitrogens with zero attached hydrogens (tertiary/aromatic N) is 2. The maximum absolute atomic E-state index is 6.11. The molecule has 0 aliphatic rings. The molecule has 0 spiro atoms. The average Bonchev–Trinajstić information content (AvgIpc) is 2.85. The molecule has 20 heavy (non-hydrogen) atoms. The molecule has 2 aromatic rings. The highest BCUT2D eigenvalue weighted by Gasteiger charge is 2.09. The van der Waals surface area contributed by atoms with Gasteiger partial charge in [-0.2, -0.15) is 0 Å². The van der Waals surface area contributed by atoms with Crippen LogP contribution in [-0.4, -0.2) is 22.9 Å². The Bertz CT molecular complexity index is 553. The normalized spacial score (nSPS) is 13.6. The second-order valence-corrected chi connectivity index (χ2v) is 6.96. The molecule has 8 heteroatoms. The molecule has 0 bridgehead atoms. The molecule has 0 saturated heterocycles. The Kier molecular flexibility index (Phi) is 6.04. The molecule has 5 nitrogen and oxygen atoms in total. The van der Waals surface area contributed by atoms with Crippen molar-refractivity contribution in [3.63, 3.8) is 0 Å². The third-order valence-corrected chi connectivity index (χ3v) is 5.10. The third-order valence-electron chi connectivity index (χ3n) is 2.60. The summed E-state index contributed by atoms with van der Waals surface area (Å²) in [5, 5.41) is 2.75. The van der Waals surface area contributed by atoms with Gasteiger partial charge in [-0.25, -0.2) is 4.98 Å². The number of benzene rings is 1. The van der Waals surface area contributed by atoms with Crippen LogP contribution in [0.15, 0.2) is 33.6 Å². The smallest absolute Gasteiger partial charge is 0.191 e. The van der Waals surface area contributed by atoms with Crippen molar-refractivity contribution in [3.05, 3.63) is 24.3 Å². The number of hydrogen-bond acceptors (Lipinski definition) is 5. The molecule has 0 aliphatic carbocycles. The SMILES string of the molecule is NC(=NCCC[C@H](N)Sc1nc2ccccc2s1)NP. The second kappa shape index (κ2) is 7.78. The van der Waals surface area contributed by atoms with E-state index in [4.69, 9.17) is 11.5 Å². The zero-order valence-corrected chi connectivity index (χ0v) is 13.7. The van der Waals surface area contributed by atoms with Crippen LogP contribution < -0.4 is 16.6 Å². The molecule has 1 heterocycles. The molecular formula is C12H18N5PS2. The van der Waals surface area contributed by atoms with E-state index in [0.29, 0.717) is 12.5 Å². The quantitative estimate of drug-likeness (QED) is 0.189. The zero-order valence-electron chi connectivity index (χ0n) is 11.0. The fourth-order valence-electron chi connectivity index (χ4n) is 1.63. The molecule has 1 aromatic carbocycles. The van der Waals surface area contributed by atoms with Gasteiger partial charge in [0.25, 0.3) is 0 Å². The number of hydrogen-bond donors (Lipinski definition) is 3. The van der Waals surface area contributed by atoms with E-state index in [1.54, 1.807) is 23.1 Å². The topological polar surface area (TPSA) is 89.3 Å². The van der Waals surface area contributed by atoms with Crippen molar-refractivity contribution < 1.29 is 0 Å². The molecule has 1 unspecified atom stereocenters. The lowest BCUT2D eigenvalue weighted by atomic mass is 10.3. The number of thiazole rings is 1. The van der Waals surface area contributed by atoms with E-state index in [-0.39, 0.29) is 5.37 Å². The van der Waals surface area contributed by atoms with Crippen molar-refractivity contribution >= 4 is 48.7 Å². The van der Waals surface area contributed by atoms with Crippen LogP contribution >= 0.6 is 32.5 Å². The zero-order chi connectivity index (χ0) is 14.4. The molecule has 0 radical (unpaired) electrons. The van der Waals surface area contributed by atoms with E-state index in [0.717, 1.165) is 22.7 Å². The summed E-state index contributed by atoms with van der Waals surface area (Å²) in [5.74, 6) is 0.433. The van der Waals surface area contributed by atoms with E-state index < -0.39 is 0 Å². The number of thioether (sulfide) groups is 1. The third kappa shape index (κ3) is 4.59. The van der Waals surface area contributed by atoms with Gasteiger partial charge < -0.3 is 16.6 Å². The highest BCUT2D eigenvalue weighted by molar-refractivity contribution is 8.01. The first-order valence-corrected chi connectivity index (χ1v) is 8.50. The van der Waals surface area contributed by atoms with Crippen LogP contribution in [0.5, 0.6) is 0 Å². The molecule has 5 N–H and O–H groups in total. The molecule has 2 atom stereocenters. The molecule has 1 aromatic heterocycles. The van der Waals surface area contributed by atoms with Crippen LogP contribution in [0.3, 0.4) is 0 Å². The van der Waals surface area contributed by atoms with Gasteiger partial charge in [0, 0.05) is 6.54 Å². The Labute approximate surface area is 128 Å². The van der Waals surface area contributed by atoms with E-state index in [2.05, 4.69) is 30.5 Å². The first kappa shape index (κ1) is 15.5. The molecule has 0 aliphatic heterocycles. The predicted molar refractivity (Wildman–Crippen MR) is 92.0 cm³/mol. The molecule has 0 fully saturated rings. The summed E-state index contributed by atoms with van der Waals surface area (Å²) in [6.07, 6.45) is 1.79. The van der Waals surface area contributed by atoms with Crippen LogP contribution in [0.1, 0.15) is 12.8 Å². The van der Waals surface area contributed by atoms with Gasteiger partial charge in [0.15, 0.2) is 10.3 Å². The molecule has 0 saturated carbocycles. The fourth-order valence-corrected chi connectivity index (χ4v) is 3.94. The average molecular weight is 327 g/mol. The Morgan fingerprint density at radius 3 is 3.05 bits per heavy atom. The summed E-state index contributed by atoms with van der Waals surface area (Å²) in [7, 11) is 2.32. The molecule has 2 rings (SSSR count). The minimum Gasteiger partial charge on any atom is -0.370 e. The second-order valence-electron chi connectivity index (χ2n) is 4.16. The maximum atomic E-state index is 6.11. The van der Waals surface area contributed by atoms with E-state index in [1.807, 2.05) is 18.2 Å². The van der Waals surface area contributed by atoms with Gasteiger partial charge in [-0.15, -0.1) is 11.3 Å². The van der Waals surface area contributed by atoms with Gasteiger partial charge in [0.2, 0.25) is 0 Å². The van der Waals surface area contributed by atoms with Crippen LogP contribution in [-0.2, 0) is 0 Å². The Morgan fingerprint density at radius 2 is 2.30 bits per heavy atom. The van der Waals surface area contributed by atoms with Crippen molar-refractivity contribution in [2.75, 3.05) is 6.54 Å². The summed E-state index contributed by atoms with van der Waals surface area (Å²) in [6, 6.07) is 8.13. The first-order chi connectivity index (χ1) is 9.69. The molecular weight excluding hydrogens is 309 g/mol. The van der Waals surface area contributed by atoms with Crippen molar-refractivity contribution in [2.45, 2.75) is 22.6 Å². The Balaban J connectivity index is 1.80. The summed E-state index contributed by atoms with van der Waals surface area (Å²) in [6.45, 7) is 0.682. The number of para-hydroxylation sites is 1. The number of aliphatic imine (C=N–C) groups is 1.